The van der Waals surface area contributed by atoms with Gasteiger partial charge in [0.25, 0.3) is 0 Å². The topological polar surface area (TPSA) is 63.5 Å². The van der Waals surface area contributed by atoms with Gasteiger partial charge in [0.05, 0.1) is 12.7 Å². The van der Waals surface area contributed by atoms with Crippen LogP contribution in [0.2, 0.25) is 0 Å². The van der Waals surface area contributed by atoms with E-state index in [4.69, 9.17) is 4.74 Å². The first kappa shape index (κ1) is 17.8. The predicted octanol–water partition coefficient (Wildman–Crippen LogP) is 2.22. The number of aromatic nitrogens is 2. The highest BCUT2D eigenvalue weighted by atomic mass is 16.5. The van der Waals surface area contributed by atoms with Crippen molar-refractivity contribution in [1.82, 2.24) is 20.4 Å². The van der Waals surface area contributed by atoms with Gasteiger partial charge in [-0.2, -0.15) is 5.10 Å². The third kappa shape index (κ3) is 6.73. The average molecular weight is 329 g/mol. The second-order valence-electron chi connectivity index (χ2n) is 5.48. The number of aryl methyl sites for hydroxylation is 2. The van der Waals surface area contributed by atoms with Crippen molar-refractivity contribution in [3.8, 4) is 5.75 Å². The Balaban J connectivity index is 1.66. The molecule has 1 heterocycles. The van der Waals surface area contributed by atoms with Crippen LogP contribution in [0.4, 0.5) is 0 Å². The molecule has 2 N–H and O–H groups in total. The number of benzene rings is 1. The molecular formula is C18H27N5O. The van der Waals surface area contributed by atoms with Crippen molar-refractivity contribution in [2.24, 2.45) is 4.99 Å². The minimum atomic E-state index is 0.598. The van der Waals surface area contributed by atoms with Gasteiger partial charge in [0, 0.05) is 25.8 Å². The highest BCUT2D eigenvalue weighted by Crippen LogP contribution is 2.07. The van der Waals surface area contributed by atoms with Crippen LogP contribution in [0.3, 0.4) is 0 Å². The van der Waals surface area contributed by atoms with Crippen molar-refractivity contribution in [1.29, 1.82) is 0 Å². The maximum atomic E-state index is 5.66. The SMILES string of the molecule is CCNC(=NCCCn1cc(C)cn1)NCCOc1ccccc1. The largest absolute Gasteiger partial charge is 0.492 e. The molecule has 6 nitrogen and oxygen atoms in total. The Morgan fingerprint density at radius 3 is 2.79 bits per heavy atom. The normalized spacial score (nSPS) is 11.3. The van der Waals surface area contributed by atoms with Crippen LogP contribution < -0.4 is 15.4 Å². The van der Waals surface area contributed by atoms with Gasteiger partial charge in [-0.3, -0.25) is 9.67 Å². The molecule has 0 atom stereocenters. The molecule has 2 rings (SSSR count). The van der Waals surface area contributed by atoms with Crippen LogP contribution in [0, 0.1) is 6.92 Å². The van der Waals surface area contributed by atoms with E-state index in [-0.39, 0.29) is 0 Å². The zero-order valence-corrected chi connectivity index (χ0v) is 14.5. The first-order valence-corrected chi connectivity index (χ1v) is 8.47. The van der Waals surface area contributed by atoms with E-state index in [0.29, 0.717) is 13.2 Å². The maximum Gasteiger partial charge on any atom is 0.191 e. The Morgan fingerprint density at radius 2 is 2.08 bits per heavy atom. The molecule has 0 bridgehead atoms. The number of nitrogens with zero attached hydrogens (tertiary/aromatic N) is 3. The minimum absolute atomic E-state index is 0.598. The summed E-state index contributed by atoms with van der Waals surface area (Å²) in [6.45, 7) is 7.89. The summed E-state index contributed by atoms with van der Waals surface area (Å²) in [7, 11) is 0. The lowest BCUT2D eigenvalue weighted by Gasteiger charge is -2.12. The van der Waals surface area contributed by atoms with Crippen molar-refractivity contribution < 1.29 is 4.74 Å². The molecular weight excluding hydrogens is 302 g/mol. The third-order valence-electron chi connectivity index (χ3n) is 3.33. The summed E-state index contributed by atoms with van der Waals surface area (Å²) < 4.78 is 7.62. The molecule has 0 aliphatic carbocycles. The molecule has 0 spiro atoms. The smallest absolute Gasteiger partial charge is 0.191 e. The molecule has 0 amide bonds. The van der Waals surface area contributed by atoms with E-state index < -0.39 is 0 Å². The molecule has 0 aliphatic heterocycles. The third-order valence-corrected chi connectivity index (χ3v) is 3.33. The summed E-state index contributed by atoms with van der Waals surface area (Å²) in [6, 6.07) is 9.82. The summed E-state index contributed by atoms with van der Waals surface area (Å²) >= 11 is 0. The number of aliphatic imine (C=N–C) groups is 1. The number of ether oxygens (including phenoxy) is 1. The first-order valence-electron chi connectivity index (χ1n) is 8.47. The highest BCUT2D eigenvalue weighted by molar-refractivity contribution is 5.79. The second-order valence-corrected chi connectivity index (χ2v) is 5.48. The number of guanidine groups is 1. The number of nitrogens with one attached hydrogen (secondary N) is 2. The second kappa shape index (κ2) is 10.3. The molecule has 1 aromatic heterocycles. The standard InChI is InChI=1S/C18H27N5O/c1-3-19-18(20-10-7-12-23-15-16(2)14-22-23)21-11-13-24-17-8-5-4-6-9-17/h4-6,8-9,14-15H,3,7,10-13H2,1-2H3,(H2,19,20,21). The van der Waals surface area contributed by atoms with Crippen LogP contribution in [0.5, 0.6) is 5.75 Å². The fourth-order valence-corrected chi connectivity index (χ4v) is 2.21. The summed E-state index contributed by atoms with van der Waals surface area (Å²) in [5, 5.41) is 10.8. The van der Waals surface area contributed by atoms with Crippen molar-refractivity contribution in [3.05, 3.63) is 48.3 Å². The molecule has 0 saturated heterocycles. The van der Waals surface area contributed by atoms with Gasteiger partial charge in [-0.25, -0.2) is 0 Å². The van der Waals surface area contributed by atoms with Crippen LogP contribution in [-0.2, 0) is 6.54 Å². The highest BCUT2D eigenvalue weighted by Gasteiger charge is 1.98. The zero-order chi connectivity index (χ0) is 17.0. The number of para-hydroxylation sites is 1. The van der Waals surface area contributed by atoms with Crippen LogP contribution in [0.15, 0.2) is 47.7 Å². The van der Waals surface area contributed by atoms with E-state index in [1.165, 1.54) is 5.56 Å². The van der Waals surface area contributed by atoms with Crippen LogP contribution in [0.1, 0.15) is 18.9 Å². The Bertz CT molecular complexity index is 609. The minimum Gasteiger partial charge on any atom is -0.492 e. The van der Waals surface area contributed by atoms with Crippen LogP contribution >= 0.6 is 0 Å². The van der Waals surface area contributed by atoms with Crippen molar-refractivity contribution >= 4 is 5.96 Å². The lowest BCUT2D eigenvalue weighted by molar-refractivity contribution is 0.322. The molecule has 2 aromatic rings. The van der Waals surface area contributed by atoms with Gasteiger partial charge in [-0.15, -0.1) is 0 Å². The van der Waals surface area contributed by atoms with Gasteiger partial charge in [0.1, 0.15) is 12.4 Å². The van der Waals surface area contributed by atoms with E-state index in [0.717, 1.165) is 37.8 Å². The Morgan fingerprint density at radius 1 is 1.25 bits per heavy atom. The molecule has 6 heteroatoms. The van der Waals surface area contributed by atoms with Gasteiger partial charge in [-0.1, -0.05) is 18.2 Å². The molecule has 0 radical (unpaired) electrons. The molecule has 0 saturated carbocycles. The van der Waals surface area contributed by atoms with E-state index in [2.05, 4.69) is 27.6 Å². The summed E-state index contributed by atoms with van der Waals surface area (Å²) in [4.78, 5) is 4.58. The van der Waals surface area contributed by atoms with E-state index in [9.17, 15) is 0 Å². The fourth-order valence-electron chi connectivity index (χ4n) is 2.21. The molecule has 24 heavy (non-hydrogen) atoms. The summed E-state index contributed by atoms with van der Waals surface area (Å²) in [6.07, 6.45) is 4.88. The molecule has 130 valence electrons. The monoisotopic (exact) mass is 329 g/mol. The first-order chi connectivity index (χ1) is 11.8. The number of hydrogen-bond acceptors (Lipinski definition) is 3. The summed E-state index contributed by atoms with van der Waals surface area (Å²) in [5.74, 6) is 1.71. The number of hydrogen-bond donors (Lipinski definition) is 2. The predicted molar refractivity (Wildman–Crippen MR) is 97.5 cm³/mol. The van der Waals surface area contributed by atoms with Crippen LogP contribution in [-0.4, -0.2) is 42.0 Å². The van der Waals surface area contributed by atoms with Crippen molar-refractivity contribution in [2.45, 2.75) is 26.8 Å². The maximum absolute atomic E-state index is 5.66. The number of rotatable bonds is 9. The molecule has 0 unspecified atom stereocenters. The lowest BCUT2D eigenvalue weighted by Crippen LogP contribution is -2.39. The van der Waals surface area contributed by atoms with E-state index in [1.807, 2.05) is 54.3 Å². The fraction of sp³-hybridized carbons (Fsp3) is 0.444. The van der Waals surface area contributed by atoms with Crippen LogP contribution in [0.25, 0.3) is 0 Å². The van der Waals surface area contributed by atoms with E-state index >= 15 is 0 Å². The molecule has 1 aromatic carbocycles. The Hall–Kier alpha value is -2.50. The van der Waals surface area contributed by atoms with Crippen molar-refractivity contribution in [3.63, 3.8) is 0 Å². The van der Waals surface area contributed by atoms with Gasteiger partial charge in [-0.05, 0) is 38.0 Å². The van der Waals surface area contributed by atoms with Gasteiger partial charge >= 0.3 is 0 Å². The quantitative estimate of drug-likeness (QED) is 0.421. The zero-order valence-electron chi connectivity index (χ0n) is 14.5. The lowest BCUT2D eigenvalue weighted by atomic mass is 10.3. The van der Waals surface area contributed by atoms with Gasteiger partial charge in [0.15, 0.2) is 5.96 Å². The van der Waals surface area contributed by atoms with Gasteiger partial charge < -0.3 is 15.4 Å². The van der Waals surface area contributed by atoms with E-state index in [1.54, 1.807) is 0 Å². The molecule has 0 fully saturated rings. The molecule has 0 aliphatic rings. The van der Waals surface area contributed by atoms with Crippen molar-refractivity contribution in [2.75, 3.05) is 26.2 Å². The average Bonchev–Trinajstić information content (AvgIpc) is 3.01. The summed E-state index contributed by atoms with van der Waals surface area (Å²) in [5.41, 5.74) is 1.19. The Labute approximate surface area is 143 Å². The Kier molecular flexibility index (Phi) is 7.67. The van der Waals surface area contributed by atoms with Gasteiger partial charge in [0.2, 0.25) is 0 Å².